The van der Waals surface area contributed by atoms with Crippen LogP contribution in [-0.4, -0.2) is 31.9 Å². The maximum absolute atomic E-state index is 13.5. The van der Waals surface area contributed by atoms with Crippen LogP contribution in [0.25, 0.3) is 0 Å². The average molecular weight is 424 g/mol. The molecule has 1 N–H and O–H groups in total. The Morgan fingerprint density at radius 2 is 1.83 bits per heavy atom. The molecule has 2 heterocycles. The van der Waals surface area contributed by atoms with Crippen molar-refractivity contribution in [2.24, 2.45) is 0 Å². The van der Waals surface area contributed by atoms with E-state index in [0.717, 1.165) is 22.7 Å². The lowest BCUT2D eigenvalue weighted by molar-refractivity contribution is -0.123. The van der Waals surface area contributed by atoms with Gasteiger partial charge in [0.25, 0.3) is 5.91 Å². The van der Waals surface area contributed by atoms with Crippen LogP contribution < -0.4 is 10.2 Å². The van der Waals surface area contributed by atoms with Gasteiger partial charge < -0.3 is 5.32 Å². The molecule has 7 nitrogen and oxygen atoms in total. The maximum Gasteiger partial charge on any atom is 0.280 e. The first kappa shape index (κ1) is 21.6. The van der Waals surface area contributed by atoms with Gasteiger partial charge in [-0.05, 0) is 75.5 Å². The van der Waals surface area contributed by atoms with Gasteiger partial charge in [0.2, 0.25) is 5.91 Å². The van der Waals surface area contributed by atoms with E-state index < -0.39 is 17.5 Å². The first-order valence-electron chi connectivity index (χ1n) is 9.56. The first-order chi connectivity index (χ1) is 14.2. The summed E-state index contributed by atoms with van der Waals surface area (Å²) in [5, 5.41) is 8.53. The molecule has 3 aromatic rings. The Labute approximate surface area is 180 Å². The van der Waals surface area contributed by atoms with Crippen LogP contribution in [0.15, 0.2) is 48.1 Å². The van der Waals surface area contributed by atoms with Gasteiger partial charge in [0.05, 0.1) is 0 Å². The van der Waals surface area contributed by atoms with Crippen LogP contribution >= 0.6 is 11.5 Å². The topological polar surface area (TPSA) is 88.1 Å². The van der Waals surface area contributed by atoms with E-state index in [9.17, 15) is 9.59 Å². The number of carbonyl (C=O) groups excluding carboxylic acids is 2. The summed E-state index contributed by atoms with van der Waals surface area (Å²) in [5.41, 5.74) is 2.91. The molecule has 0 saturated heterocycles. The summed E-state index contributed by atoms with van der Waals surface area (Å²) in [5.74, 6) is -0.696. The number of aromatic nitrogens is 3. The summed E-state index contributed by atoms with van der Waals surface area (Å²) in [7, 11) is 0. The highest BCUT2D eigenvalue weighted by Gasteiger charge is 2.36. The molecule has 30 heavy (non-hydrogen) atoms. The zero-order valence-electron chi connectivity index (χ0n) is 17.7. The summed E-state index contributed by atoms with van der Waals surface area (Å²) >= 11 is 1.09. The number of hydrogen-bond acceptors (Lipinski definition) is 6. The molecule has 0 aliphatic carbocycles. The van der Waals surface area contributed by atoms with Crippen LogP contribution in [-0.2, 0) is 4.79 Å². The van der Waals surface area contributed by atoms with Crippen molar-refractivity contribution in [2.45, 2.75) is 46.2 Å². The molecule has 1 atom stereocenters. The fourth-order valence-corrected chi connectivity index (χ4v) is 3.68. The fourth-order valence-electron chi connectivity index (χ4n) is 3.25. The highest BCUT2D eigenvalue weighted by atomic mass is 32.1. The molecule has 0 radical (unpaired) electrons. The van der Waals surface area contributed by atoms with E-state index >= 15 is 0 Å². The summed E-state index contributed by atoms with van der Waals surface area (Å²) in [6, 6.07) is 8.42. The summed E-state index contributed by atoms with van der Waals surface area (Å²) in [6.07, 6.45) is 3.24. The SMILES string of the molecule is Cc1cc(C)cc(N(C(=O)c2csnn2)[C@H](C(=O)NC(C)(C)C)c2cccnc2)c1. The van der Waals surface area contributed by atoms with Gasteiger partial charge >= 0.3 is 0 Å². The van der Waals surface area contributed by atoms with E-state index in [2.05, 4.69) is 19.9 Å². The number of carbonyl (C=O) groups is 2. The standard InChI is InChI=1S/C22H25N5O2S/c1-14-9-15(2)11-17(10-14)27(21(29)18-13-30-26-25-18)19(16-7-6-8-23-12-16)20(28)24-22(3,4)5/h6-13,19H,1-5H3,(H,24,28)/t19-/m0/s1. The van der Waals surface area contributed by atoms with Gasteiger partial charge in [-0.1, -0.05) is 16.6 Å². The Morgan fingerprint density at radius 1 is 1.13 bits per heavy atom. The molecule has 3 rings (SSSR count). The lowest BCUT2D eigenvalue weighted by atomic mass is 10.0. The van der Waals surface area contributed by atoms with Crippen LogP contribution in [0.2, 0.25) is 0 Å². The van der Waals surface area contributed by atoms with E-state index in [1.165, 1.54) is 4.90 Å². The quantitative estimate of drug-likeness (QED) is 0.673. The number of pyridine rings is 1. The van der Waals surface area contributed by atoms with Gasteiger partial charge in [0.1, 0.15) is 6.04 Å². The normalized spacial score (nSPS) is 12.3. The van der Waals surface area contributed by atoms with Crippen molar-refractivity contribution in [3.05, 3.63) is 70.5 Å². The number of rotatable bonds is 5. The lowest BCUT2D eigenvalue weighted by Crippen LogP contribution is -2.49. The van der Waals surface area contributed by atoms with Crippen LogP contribution in [0, 0.1) is 13.8 Å². The Kier molecular flexibility index (Phi) is 6.26. The zero-order valence-corrected chi connectivity index (χ0v) is 18.5. The zero-order chi connectivity index (χ0) is 21.9. The smallest absolute Gasteiger partial charge is 0.280 e. The minimum absolute atomic E-state index is 0.191. The molecule has 2 amide bonds. The summed E-state index contributed by atoms with van der Waals surface area (Å²) < 4.78 is 3.82. The van der Waals surface area contributed by atoms with Crippen LogP contribution in [0.3, 0.4) is 0 Å². The highest BCUT2D eigenvalue weighted by molar-refractivity contribution is 7.03. The van der Waals surface area contributed by atoms with Gasteiger partial charge in [0, 0.05) is 34.6 Å². The number of nitrogens with one attached hydrogen (secondary N) is 1. The Hall–Kier alpha value is -3.13. The fraction of sp³-hybridized carbons (Fsp3) is 0.318. The molecule has 8 heteroatoms. The first-order valence-corrected chi connectivity index (χ1v) is 10.4. The van der Waals surface area contributed by atoms with E-state index in [1.54, 1.807) is 29.9 Å². The molecule has 0 aliphatic rings. The van der Waals surface area contributed by atoms with Crippen LogP contribution in [0.5, 0.6) is 0 Å². The third-order valence-electron chi connectivity index (χ3n) is 4.29. The Bertz CT molecular complexity index is 1010. The molecular weight excluding hydrogens is 398 g/mol. The largest absolute Gasteiger partial charge is 0.349 e. The van der Waals surface area contributed by atoms with Crippen LogP contribution in [0.4, 0.5) is 5.69 Å². The Balaban J connectivity index is 2.20. The van der Waals surface area contributed by atoms with Crippen molar-refractivity contribution in [1.29, 1.82) is 0 Å². The van der Waals surface area contributed by atoms with E-state index in [-0.39, 0.29) is 11.6 Å². The third-order valence-corrected chi connectivity index (χ3v) is 4.79. The molecular formula is C22H25N5O2S. The second kappa shape index (κ2) is 8.71. The van der Waals surface area contributed by atoms with Gasteiger partial charge in [-0.3, -0.25) is 19.5 Å². The molecule has 0 bridgehead atoms. The molecule has 0 fully saturated rings. The number of benzene rings is 1. The van der Waals surface area contributed by atoms with Crippen molar-refractivity contribution in [3.8, 4) is 0 Å². The number of anilines is 1. The summed E-state index contributed by atoms with van der Waals surface area (Å²) in [4.78, 5) is 32.7. The van der Waals surface area contributed by atoms with E-state index in [0.29, 0.717) is 11.3 Å². The van der Waals surface area contributed by atoms with Crippen molar-refractivity contribution < 1.29 is 9.59 Å². The highest BCUT2D eigenvalue weighted by Crippen LogP contribution is 2.31. The minimum Gasteiger partial charge on any atom is -0.349 e. The van der Waals surface area contributed by atoms with Gasteiger partial charge in [-0.2, -0.15) is 0 Å². The second-order valence-electron chi connectivity index (χ2n) is 8.24. The second-order valence-corrected chi connectivity index (χ2v) is 8.85. The minimum atomic E-state index is -0.923. The predicted molar refractivity (Wildman–Crippen MR) is 118 cm³/mol. The maximum atomic E-state index is 13.5. The lowest BCUT2D eigenvalue weighted by Gasteiger charge is -2.33. The molecule has 1 aromatic carbocycles. The van der Waals surface area contributed by atoms with Crippen molar-refractivity contribution in [2.75, 3.05) is 4.90 Å². The Morgan fingerprint density at radius 3 is 2.37 bits per heavy atom. The number of aryl methyl sites for hydroxylation is 2. The van der Waals surface area contributed by atoms with E-state index in [1.807, 2.05) is 52.8 Å². The van der Waals surface area contributed by atoms with Crippen molar-refractivity contribution >= 4 is 29.0 Å². The number of hydrogen-bond donors (Lipinski definition) is 1. The third kappa shape index (κ3) is 5.07. The van der Waals surface area contributed by atoms with Gasteiger partial charge in [-0.25, -0.2) is 0 Å². The number of amides is 2. The van der Waals surface area contributed by atoms with Gasteiger partial charge in [0.15, 0.2) is 5.69 Å². The van der Waals surface area contributed by atoms with Crippen molar-refractivity contribution in [1.82, 2.24) is 19.9 Å². The molecule has 0 unspecified atom stereocenters. The molecule has 0 saturated carbocycles. The number of nitrogens with zero attached hydrogens (tertiary/aromatic N) is 4. The van der Waals surface area contributed by atoms with Crippen LogP contribution in [0.1, 0.15) is 54.0 Å². The molecule has 0 spiro atoms. The predicted octanol–water partition coefficient (Wildman–Crippen LogP) is 3.85. The summed E-state index contributed by atoms with van der Waals surface area (Å²) in [6.45, 7) is 9.62. The molecule has 0 aliphatic heterocycles. The molecule has 2 aromatic heterocycles. The average Bonchev–Trinajstić information content (AvgIpc) is 3.18. The van der Waals surface area contributed by atoms with E-state index in [4.69, 9.17) is 0 Å². The molecule has 156 valence electrons. The monoisotopic (exact) mass is 423 g/mol. The van der Waals surface area contributed by atoms with Crippen molar-refractivity contribution in [3.63, 3.8) is 0 Å². The van der Waals surface area contributed by atoms with Gasteiger partial charge in [-0.15, -0.1) is 5.10 Å².